The standard InChI is InChI=1S/C41H70O33/c42-1-15-10(19(46)27(54)35(61)70-15)2-62-40-33(60)26(53)34(18(73-40)9-69-38-31(58)23(50)14(45)6-66-38)74-41-28(55)20(47)11(16(71-41)7-67-36-29(56)21(48)12(43)4-64-36)3-63-39-32(59)25(52)24(51)17(72-39)8-68-37-30(57)22(49)13(44)5-65-37/h10-61H,1-9H2/t10?,11?,12-,13+,14+,15-,16-,17?,18?,19-,20-,21?,22?,23?,24+,25?,26?,27?,28?,29?,30?,31?,32?,33?,34+,35?,36+,37+,38+,39+,40+,41-/m0/s1. The third-order valence-electron chi connectivity index (χ3n) is 14.0. The highest BCUT2D eigenvalue weighted by Gasteiger charge is 2.54. The van der Waals surface area contributed by atoms with Gasteiger partial charge < -0.3 is 164 Å². The topological polar surface area (TPSA) is 525 Å². The zero-order valence-corrected chi connectivity index (χ0v) is 39.1. The monoisotopic (exact) mass is 1090 g/mol. The molecule has 7 aliphatic heterocycles. The first-order valence-corrected chi connectivity index (χ1v) is 23.8. The molecule has 7 heterocycles. The van der Waals surface area contributed by atoms with E-state index in [-0.39, 0.29) is 0 Å². The van der Waals surface area contributed by atoms with Crippen molar-refractivity contribution in [1.29, 1.82) is 0 Å². The van der Waals surface area contributed by atoms with Crippen molar-refractivity contribution in [3.63, 3.8) is 0 Å². The molecule has 0 aliphatic carbocycles. The van der Waals surface area contributed by atoms with Gasteiger partial charge in [-0.2, -0.15) is 0 Å². The second-order valence-corrected chi connectivity index (χ2v) is 19.1. The Hall–Kier alpha value is -1.32. The minimum absolute atomic E-state index is 0.440. The van der Waals surface area contributed by atoms with Crippen LogP contribution in [0.3, 0.4) is 0 Å². The van der Waals surface area contributed by atoms with Gasteiger partial charge in [0.05, 0.1) is 83.9 Å². The Bertz CT molecular complexity index is 1700. The van der Waals surface area contributed by atoms with Gasteiger partial charge in [-0.15, -0.1) is 0 Å². The lowest BCUT2D eigenvalue weighted by atomic mass is 9.89. The molecule has 33 heteroatoms. The van der Waals surface area contributed by atoms with Gasteiger partial charge in [-0.05, 0) is 0 Å². The third-order valence-corrected chi connectivity index (χ3v) is 14.0. The van der Waals surface area contributed by atoms with Gasteiger partial charge in [0, 0.05) is 11.8 Å². The Balaban J connectivity index is 1.08. The zero-order chi connectivity index (χ0) is 54.0. The van der Waals surface area contributed by atoms with Crippen molar-refractivity contribution in [2.24, 2.45) is 11.8 Å². The fraction of sp³-hybridized carbons (Fsp3) is 1.00. The smallest absolute Gasteiger partial charge is 0.187 e. The summed E-state index contributed by atoms with van der Waals surface area (Å²) in [7, 11) is 0. The van der Waals surface area contributed by atoms with E-state index in [1.165, 1.54) is 0 Å². The number of hydrogen-bond donors (Lipinski definition) is 20. The van der Waals surface area contributed by atoms with E-state index in [0.717, 1.165) is 0 Å². The summed E-state index contributed by atoms with van der Waals surface area (Å²) in [6.07, 6.45) is -53.5. The fourth-order valence-corrected chi connectivity index (χ4v) is 9.31. The van der Waals surface area contributed by atoms with Crippen LogP contribution in [0.15, 0.2) is 0 Å². The van der Waals surface area contributed by atoms with Crippen molar-refractivity contribution in [3.8, 4) is 0 Å². The average Bonchev–Trinajstić information content (AvgIpc) is 3.38. The van der Waals surface area contributed by atoms with E-state index in [4.69, 9.17) is 61.6 Å². The van der Waals surface area contributed by atoms with Crippen LogP contribution in [-0.2, 0) is 61.6 Å². The Kier molecular flexibility index (Phi) is 21.4. The van der Waals surface area contributed by atoms with Crippen molar-refractivity contribution < 1.29 is 164 Å². The maximum Gasteiger partial charge on any atom is 0.187 e. The molecule has 0 aromatic rings. The summed E-state index contributed by atoms with van der Waals surface area (Å²) >= 11 is 0. The minimum Gasteiger partial charge on any atom is -0.394 e. The molecule has 0 amide bonds. The lowest BCUT2D eigenvalue weighted by Gasteiger charge is -2.48. The van der Waals surface area contributed by atoms with Crippen LogP contribution in [0.2, 0.25) is 0 Å². The predicted molar refractivity (Wildman–Crippen MR) is 223 cm³/mol. The van der Waals surface area contributed by atoms with E-state index in [0.29, 0.717) is 0 Å². The molecule has 0 saturated carbocycles. The Labute approximate surface area is 419 Å². The summed E-state index contributed by atoms with van der Waals surface area (Å²) in [5.41, 5.74) is 0. The summed E-state index contributed by atoms with van der Waals surface area (Å²) in [5.74, 6) is -2.76. The molecule has 0 aromatic heterocycles. The van der Waals surface area contributed by atoms with E-state index < -0.39 is 256 Å². The highest BCUT2D eigenvalue weighted by atomic mass is 16.8. The Morgan fingerprint density at radius 3 is 1.15 bits per heavy atom. The second kappa shape index (κ2) is 26.3. The van der Waals surface area contributed by atoms with Gasteiger partial charge in [-0.1, -0.05) is 0 Å². The van der Waals surface area contributed by atoms with E-state index >= 15 is 0 Å². The molecular formula is C41H70O33. The van der Waals surface area contributed by atoms with Gasteiger partial charge in [0.25, 0.3) is 0 Å². The maximum absolute atomic E-state index is 11.7. The second-order valence-electron chi connectivity index (χ2n) is 19.1. The lowest BCUT2D eigenvalue weighted by Crippen LogP contribution is -2.65. The lowest BCUT2D eigenvalue weighted by molar-refractivity contribution is -0.372. The predicted octanol–water partition coefficient (Wildman–Crippen LogP) is -13.9. The van der Waals surface area contributed by atoms with Gasteiger partial charge in [0.15, 0.2) is 44.0 Å². The number of hydrogen-bond acceptors (Lipinski definition) is 33. The van der Waals surface area contributed by atoms with Crippen LogP contribution < -0.4 is 0 Å². The van der Waals surface area contributed by atoms with Crippen LogP contribution in [0.25, 0.3) is 0 Å². The van der Waals surface area contributed by atoms with Crippen LogP contribution in [0, 0.1) is 11.8 Å². The summed E-state index contributed by atoms with van der Waals surface area (Å²) in [5, 5.41) is 211. The minimum atomic E-state index is -2.15. The van der Waals surface area contributed by atoms with Crippen LogP contribution in [-0.4, -0.2) is 346 Å². The highest BCUT2D eigenvalue weighted by Crippen LogP contribution is 2.36. The molecule has 0 aromatic carbocycles. The largest absolute Gasteiger partial charge is 0.394 e. The highest BCUT2D eigenvalue weighted by molar-refractivity contribution is 4.97. The van der Waals surface area contributed by atoms with Gasteiger partial charge in [0.2, 0.25) is 0 Å². The van der Waals surface area contributed by atoms with Gasteiger partial charge in [0.1, 0.15) is 116 Å². The van der Waals surface area contributed by atoms with Crippen molar-refractivity contribution in [3.05, 3.63) is 0 Å². The van der Waals surface area contributed by atoms with Crippen LogP contribution in [0.1, 0.15) is 0 Å². The molecule has 74 heavy (non-hydrogen) atoms. The number of aliphatic hydroxyl groups excluding tert-OH is 20. The van der Waals surface area contributed by atoms with E-state index in [9.17, 15) is 102 Å². The zero-order valence-electron chi connectivity index (χ0n) is 39.1. The van der Waals surface area contributed by atoms with Crippen LogP contribution in [0.4, 0.5) is 0 Å². The average molecular weight is 1090 g/mol. The number of rotatable bonds is 18. The van der Waals surface area contributed by atoms with E-state index in [1.807, 2.05) is 0 Å². The molecule has 432 valence electrons. The maximum atomic E-state index is 11.7. The first-order valence-electron chi connectivity index (χ1n) is 23.8. The molecule has 7 aliphatic rings. The molecule has 7 saturated heterocycles. The van der Waals surface area contributed by atoms with Crippen molar-refractivity contribution in [2.75, 3.05) is 59.5 Å². The van der Waals surface area contributed by atoms with Gasteiger partial charge in [-0.3, -0.25) is 0 Å². The summed E-state index contributed by atoms with van der Waals surface area (Å²) in [4.78, 5) is 0. The Morgan fingerprint density at radius 1 is 0.297 bits per heavy atom. The third kappa shape index (κ3) is 13.3. The molecule has 17 unspecified atom stereocenters. The summed E-state index contributed by atoms with van der Waals surface area (Å²) < 4.78 is 72.8. The van der Waals surface area contributed by atoms with Crippen molar-refractivity contribution in [1.82, 2.24) is 0 Å². The Morgan fingerprint density at radius 2 is 0.662 bits per heavy atom. The normalized spacial score (nSPS) is 52.7. The van der Waals surface area contributed by atoms with Crippen LogP contribution in [0.5, 0.6) is 0 Å². The molecule has 0 radical (unpaired) electrons. The molecule has 20 N–H and O–H groups in total. The van der Waals surface area contributed by atoms with Gasteiger partial charge in [-0.25, -0.2) is 0 Å². The first-order chi connectivity index (χ1) is 35.0. The first kappa shape index (κ1) is 60.3. The SMILES string of the molecule is OC[C@@H]1OC(O)C(O)[C@@H](O)C1CO[C@@H]1OC(CO[C@H]2OC[C@@H](O)C(O)C2O)[C@@H](O[C@@H]2O[C@@H](CO[C@H]3OC[C@H](O)C(O)C3O)C(CO[C@@H]3OC(CO[C@H]4OC[C@@H](O)C(O)C4O)[C@@H](O)C(O)C3O)[C@H](O)C2O)C(O)C1O. The number of aliphatic hydroxyl groups is 20. The number of ether oxygens (including phenoxy) is 13. The molecular weight excluding hydrogens is 1020 g/mol. The van der Waals surface area contributed by atoms with Crippen molar-refractivity contribution >= 4 is 0 Å². The molecule has 7 fully saturated rings. The van der Waals surface area contributed by atoms with E-state index in [1.54, 1.807) is 0 Å². The quantitative estimate of drug-likeness (QED) is 0.0606. The van der Waals surface area contributed by atoms with E-state index in [2.05, 4.69) is 0 Å². The molecule has 0 spiro atoms. The fourth-order valence-electron chi connectivity index (χ4n) is 9.31. The van der Waals surface area contributed by atoms with Crippen LogP contribution >= 0.6 is 0 Å². The summed E-state index contributed by atoms with van der Waals surface area (Å²) in [6.45, 7) is -5.87. The molecule has 32 atom stereocenters. The molecule has 7 rings (SSSR count). The summed E-state index contributed by atoms with van der Waals surface area (Å²) in [6, 6.07) is 0. The van der Waals surface area contributed by atoms with Gasteiger partial charge >= 0.3 is 0 Å². The molecule has 33 nitrogen and oxygen atoms in total. The molecule has 0 bridgehead atoms. The van der Waals surface area contributed by atoms with Crippen molar-refractivity contribution in [2.45, 2.75) is 184 Å².